The number of carboxylic acids is 1. The first-order chi connectivity index (χ1) is 11.0. The number of rotatable bonds is 7. The van der Waals surface area contributed by atoms with Crippen LogP contribution in [0.25, 0.3) is 0 Å². The molecule has 0 bridgehead atoms. The molecule has 1 heterocycles. The number of amides is 1. The molecule has 1 aliphatic heterocycles. The van der Waals surface area contributed by atoms with Crippen molar-refractivity contribution in [3.8, 4) is 5.75 Å². The zero-order valence-corrected chi connectivity index (χ0v) is 13.8. The van der Waals surface area contributed by atoms with Crippen molar-refractivity contribution in [2.24, 2.45) is 5.92 Å². The van der Waals surface area contributed by atoms with Crippen LogP contribution < -0.4 is 15.0 Å². The molecule has 1 aromatic carbocycles. The Morgan fingerprint density at radius 2 is 2.17 bits per heavy atom. The van der Waals surface area contributed by atoms with E-state index >= 15 is 0 Å². The number of nitrogens with zero attached hydrogens (tertiary/aromatic N) is 1. The van der Waals surface area contributed by atoms with Crippen molar-refractivity contribution < 1.29 is 19.4 Å². The van der Waals surface area contributed by atoms with Crippen molar-refractivity contribution in [1.82, 2.24) is 5.32 Å². The van der Waals surface area contributed by atoms with Gasteiger partial charge in [0.2, 0.25) is 5.91 Å². The summed E-state index contributed by atoms with van der Waals surface area (Å²) >= 11 is 0. The van der Waals surface area contributed by atoms with Crippen molar-refractivity contribution in [1.29, 1.82) is 0 Å². The Kier molecular flexibility index (Phi) is 5.60. The van der Waals surface area contributed by atoms with Gasteiger partial charge in [-0.1, -0.05) is 32.4 Å². The minimum absolute atomic E-state index is 0.0411. The molecular weight excluding hydrogens is 296 g/mol. The highest BCUT2D eigenvalue weighted by molar-refractivity contribution is 6.00. The summed E-state index contributed by atoms with van der Waals surface area (Å²) in [4.78, 5) is 25.8. The number of hydrogen-bond acceptors (Lipinski definition) is 4. The molecular formula is C17H24N2O4. The van der Waals surface area contributed by atoms with Gasteiger partial charge in [0.15, 0.2) is 0 Å². The molecule has 0 saturated carbocycles. The maximum absolute atomic E-state index is 12.7. The Hall–Kier alpha value is -2.08. The Bertz CT molecular complexity index is 575. The van der Waals surface area contributed by atoms with Gasteiger partial charge in [-0.3, -0.25) is 14.9 Å². The van der Waals surface area contributed by atoms with Crippen LogP contribution >= 0.6 is 0 Å². The first-order valence-electron chi connectivity index (χ1n) is 7.92. The van der Waals surface area contributed by atoms with Crippen LogP contribution in [0.4, 0.5) is 5.69 Å². The molecule has 23 heavy (non-hydrogen) atoms. The van der Waals surface area contributed by atoms with Crippen LogP contribution in [-0.4, -0.2) is 42.7 Å². The van der Waals surface area contributed by atoms with Gasteiger partial charge >= 0.3 is 5.97 Å². The normalized spacial score (nSPS) is 20.4. The number of hydrogen-bond donors (Lipinski definition) is 2. The molecule has 1 aromatic rings. The van der Waals surface area contributed by atoms with Gasteiger partial charge in [0.1, 0.15) is 11.8 Å². The molecule has 126 valence electrons. The molecule has 0 aromatic heterocycles. The molecule has 0 aliphatic carbocycles. The van der Waals surface area contributed by atoms with Gasteiger partial charge in [-0.25, -0.2) is 0 Å². The lowest BCUT2D eigenvalue weighted by molar-refractivity contribution is -0.141. The fourth-order valence-corrected chi connectivity index (χ4v) is 2.86. The number of aliphatic carboxylic acids is 1. The van der Waals surface area contributed by atoms with Crippen LogP contribution in [-0.2, 0) is 9.59 Å². The SMILES string of the molecule is CC[C@H](C)[C@H](NC1CCN(c2ccccc2OC)C1=O)C(=O)O. The number of ether oxygens (including phenoxy) is 1. The van der Waals surface area contributed by atoms with E-state index in [1.165, 1.54) is 0 Å². The average molecular weight is 320 g/mol. The van der Waals surface area contributed by atoms with Crippen LogP contribution in [0, 0.1) is 5.92 Å². The van der Waals surface area contributed by atoms with Gasteiger partial charge in [-0.15, -0.1) is 0 Å². The number of methoxy groups -OCH3 is 1. The standard InChI is InChI=1S/C17H24N2O4/c1-4-11(2)15(17(21)22)18-12-9-10-19(16(12)20)13-7-5-6-8-14(13)23-3/h5-8,11-12,15,18H,4,9-10H2,1-3H3,(H,21,22)/t11-,12?,15-/m0/s1. The van der Waals surface area contributed by atoms with E-state index in [0.29, 0.717) is 18.7 Å². The highest BCUT2D eigenvalue weighted by atomic mass is 16.5. The largest absolute Gasteiger partial charge is 0.495 e. The second kappa shape index (κ2) is 7.46. The van der Waals surface area contributed by atoms with Crippen LogP contribution in [0.1, 0.15) is 26.7 Å². The van der Waals surface area contributed by atoms with Crippen LogP contribution in [0.15, 0.2) is 24.3 Å². The summed E-state index contributed by atoms with van der Waals surface area (Å²) in [5, 5.41) is 12.4. The molecule has 0 spiro atoms. The molecule has 0 radical (unpaired) electrons. The maximum atomic E-state index is 12.7. The number of carbonyl (C=O) groups excluding carboxylic acids is 1. The van der Waals surface area contributed by atoms with E-state index in [-0.39, 0.29) is 11.8 Å². The molecule has 6 heteroatoms. The van der Waals surface area contributed by atoms with Gasteiger partial charge in [0, 0.05) is 6.54 Å². The number of benzene rings is 1. The first-order valence-corrected chi connectivity index (χ1v) is 7.92. The average Bonchev–Trinajstić information content (AvgIpc) is 2.92. The molecule has 3 atom stereocenters. The second-order valence-corrected chi connectivity index (χ2v) is 5.87. The predicted octanol–water partition coefficient (Wildman–Crippen LogP) is 1.89. The lowest BCUT2D eigenvalue weighted by Gasteiger charge is -2.24. The number of carbonyl (C=O) groups is 2. The summed E-state index contributed by atoms with van der Waals surface area (Å²) in [6, 6.07) is 6.15. The fraction of sp³-hybridized carbons (Fsp3) is 0.529. The lowest BCUT2D eigenvalue weighted by Crippen LogP contribution is -2.50. The smallest absolute Gasteiger partial charge is 0.320 e. The van der Waals surface area contributed by atoms with Crippen molar-refractivity contribution in [3.63, 3.8) is 0 Å². The summed E-state index contributed by atoms with van der Waals surface area (Å²) in [6.07, 6.45) is 1.32. The summed E-state index contributed by atoms with van der Waals surface area (Å²) < 4.78 is 5.31. The van der Waals surface area contributed by atoms with Gasteiger partial charge in [-0.05, 0) is 24.5 Å². The Morgan fingerprint density at radius 1 is 1.48 bits per heavy atom. The molecule has 1 amide bonds. The molecule has 1 saturated heterocycles. The molecule has 6 nitrogen and oxygen atoms in total. The monoisotopic (exact) mass is 320 g/mol. The van der Waals surface area contributed by atoms with E-state index < -0.39 is 18.1 Å². The summed E-state index contributed by atoms with van der Waals surface area (Å²) in [7, 11) is 1.57. The van der Waals surface area contributed by atoms with Crippen molar-refractivity contribution in [2.45, 2.75) is 38.8 Å². The van der Waals surface area contributed by atoms with Gasteiger partial charge in [-0.2, -0.15) is 0 Å². The highest BCUT2D eigenvalue weighted by Crippen LogP contribution is 2.31. The van der Waals surface area contributed by atoms with E-state index in [0.717, 1.165) is 12.1 Å². The van der Waals surface area contributed by atoms with Crippen LogP contribution in [0.2, 0.25) is 0 Å². The van der Waals surface area contributed by atoms with E-state index in [9.17, 15) is 14.7 Å². The van der Waals surface area contributed by atoms with Gasteiger partial charge in [0.25, 0.3) is 0 Å². The fourth-order valence-electron chi connectivity index (χ4n) is 2.86. The first kappa shape index (κ1) is 17.3. The van der Waals surface area contributed by atoms with Gasteiger partial charge in [0.05, 0.1) is 18.8 Å². The van der Waals surface area contributed by atoms with Gasteiger partial charge < -0.3 is 14.7 Å². The number of anilines is 1. The summed E-state index contributed by atoms with van der Waals surface area (Å²) in [6.45, 7) is 4.37. The topological polar surface area (TPSA) is 78.9 Å². The molecule has 1 aliphatic rings. The number of nitrogens with one attached hydrogen (secondary N) is 1. The summed E-state index contributed by atoms with van der Waals surface area (Å²) in [5.74, 6) is -0.425. The minimum atomic E-state index is -0.914. The number of para-hydroxylation sites is 2. The lowest BCUT2D eigenvalue weighted by atomic mass is 9.98. The molecule has 1 fully saturated rings. The number of carboxylic acid groups (broad SMARTS) is 1. The van der Waals surface area contributed by atoms with Crippen molar-refractivity contribution in [2.75, 3.05) is 18.6 Å². The van der Waals surface area contributed by atoms with E-state index in [2.05, 4.69) is 5.32 Å². The van der Waals surface area contributed by atoms with Crippen LogP contribution in [0.5, 0.6) is 5.75 Å². The molecule has 1 unspecified atom stereocenters. The zero-order valence-electron chi connectivity index (χ0n) is 13.8. The Balaban J connectivity index is 2.14. The Morgan fingerprint density at radius 3 is 2.78 bits per heavy atom. The molecule has 2 N–H and O–H groups in total. The van der Waals surface area contributed by atoms with E-state index in [4.69, 9.17) is 4.74 Å². The third-order valence-corrected chi connectivity index (χ3v) is 4.44. The molecule has 2 rings (SSSR count). The highest BCUT2D eigenvalue weighted by Gasteiger charge is 2.37. The summed E-state index contributed by atoms with van der Waals surface area (Å²) in [5.41, 5.74) is 0.722. The minimum Gasteiger partial charge on any atom is -0.495 e. The second-order valence-electron chi connectivity index (χ2n) is 5.87. The van der Waals surface area contributed by atoms with E-state index in [1.54, 1.807) is 12.0 Å². The zero-order chi connectivity index (χ0) is 17.0. The third-order valence-electron chi connectivity index (χ3n) is 4.44. The van der Waals surface area contributed by atoms with Crippen molar-refractivity contribution in [3.05, 3.63) is 24.3 Å². The third kappa shape index (κ3) is 3.64. The predicted molar refractivity (Wildman–Crippen MR) is 87.8 cm³/mol. The Labute approximate surface area is 136 Å². The van der Waals surface area contributed by atoms with Crippen molar-refractivity contribution >= 4 is 17.6 Å². The maximum Gasteiger partial charge on any atom is 0.320 e. The van der Waals surface area contributed by atoms with Crippen LogP contribution in [0.3, 0.4) is 0 Å². The quantitative estimate of drug-likeness (QED) is 0.802. The van der Waals surface area contributed by atoms with E-state index in [1.807, 2.05) is 38.1 Å².